The number of sulfonamides is 1. The van der Waals surface area contributed by atoms with Crippen molar-refractivity contribution in [1.82, 2.24) is 14.1 Å². The lowest BCUT2D eigenvalue weighted by Gasteiger charge is -2.36. The number of carbonyl (C=O) groups is 3. The van der Waals surface area contributed by atoms with Crippen LogP contribution in [0.4, 0.5) is 0 Å². The molecule has 2 saturated heterocycles. The lowest BCUT2D eigenvalue weighted by atomic mass is 10.2. The smallest absolute Gasteiger partial charge is 0.267 e. The molecule has 0 bridgehead atoms. The van der Waals surface area contributed by atoms with Crippen molar-refractivity contribution in [2.75, 3.05) is 26.2 Å². The second-order valence-electron chi connectivity index (χ2n) is 6.39. The van der Waals surface area contributed by atoms with Crippen LogP contribution in [-0.2, 0) is 24.4 Å². The molecule has 9 heteroatoms. The van der Waals surface area contributed by atoms with Crippen LogP contribution in [0, 0.1) is 0 Å². The van der Waals surface area contributed by atoms with Gasteiger partial charge >= 0.3 is 0 Å². The fourth-order valence-electron chi connectivity index (χ4n) is 3.35. The molecule has 0 N–H and O–H groups in total. The Morgan fingerprint density at radius 3 is 2.15 bits per heavy atom. The molecule has 0 radical (unpaired) electrons. The molecule has 0 spiro atoms. The second-order valence-corrected chi connectivity index (χ2v) is 8.21. The molecule has 2 aliphatic rings. The third-order valence-electron chi connectivity index (χ3n) is 4.78. The summed E-state index contributed by atoms with van der Waals surface area (Å²) in [6.07, 6.45) is 0.201. The normalized spacial score (nSPS) is 21.2. The standard InChI is InChI=1S/C17H21N3O5S/c1-13(21)18-9-11-19(12-10-18)17(23)15-7-8-16(22)20(15)26(24,25)14-5-3-2-4-6-14/h2-6,15H,7-12H2,1H3. The first-order chi connectivity index (χ1) is 12.3. The van der Waals surface area contributed by atoms with Crippen molar-refractivity contribution < 1.29 is 22.8 Å². The first-order valence-electron chi connectivity index (χ1n) is 8.49. The highest BCUT2D eigenvalue weighted by molar-refractivity contribution is 7.89. The van der Waals surface area contributed by atoms with Crippen LogP contribution in [-0.4, -0.2) is 72.5 Å². The Labute approximate surface area is 152 Å². The van der Waals surface area contributed by atoms with Gasteiger partial charge in [-0.3, -0.25) is 14.4 Å². The minimum absolute atomic E-state index is 0.00514. The number of rotatable bonds is 3. The number of amides is 3. The number of benzene rings is 1. The van der Waals surface area contributed by atoms with Crippen LogP contribution in [0.25, 0.3) is 0 Å². The molecular weight excluding hydrogens is 358 g/mol. The Hall–Kier alpha value is -2.42. The molecule has 2 heterocycles. The molecule has 1 aromatic rings. The SMILES string of the molecule is CC(=O)N1CCN(C(=O)C2CCC(=O)N2S(=O)(=O)c2ccccc2)CC1. The average molecular weight is 379 g/mol. The van der Waals surface area contributed by atoms with E-state index in [0.717, 1.165) is 4.31 Å². The van der Waals surface area contributed by atoms with Gasteiger partial charge in [-0.1, -0.05) is 18.2 Å². The van der Waals surface area contributed by atoms with Crippen molar-refractivity contribution >= 4 is 27.7 Å². The van der Waals surface area contributed by atoms with E-state index in [1.54, 1.807) is 23.1 Å². The maximum absolute atomic E-state index is 12.9. The van der Waals surface area contributed by atoms with E-state index in [9.17, 15) is 22.8 Å². The molecule has 2 fully saturated rings. The summed E-state index contributed by atoms with van der Waals surface area (Å²) in [5, 5.41) is 0. The summed E-state index contributed by atoms with van der Waals surface area (Å²) in [7, 11) is -4.07. The van der Waals surface area contributed by atoms with E-state index >= 15 is 0 Å². The van der Waals surface area contributed by atoms with E-state index in [2.05, 4.69) is 0 Å². The molecule has 3 rings (SSSR count). The quantitative estimate of drug-likeness (QED) is 0.740. The average Bonchev–Trinajstić information content (AvgIpc) is 3.04. The number of carbonyl (C=O) groups excluding carboxylic acids is 3. The van der Waals surface area contributed by atoms with E-state index in [1.807, 2.05) is 0 Å². The zero-order valence-corrected chi connectivity index (χ0v) is 15.3. The van der Waals surface area contributed by atoms with Gasteiger partial charge in [0.15, 0.2) is 0 Å². The van der Waals surface area contributed by atoms with Crippen molar-refractivity contribution in [2.45, 2.75) is 30.7 Å². The van der Waals surface area contributed by atoms with Gasteiger partial charge in [-0.2, -0.15) is 0 Å². The van der Waals surface area contributed by atoms with Gasteiger partial charge in [0.05, 0.1) is 4.90 Å². The molecular formula is C17H21N3O5S. The van der Waals surface area contributed by atoms with Gasteiger partial charge in [0.2, 0.25) is 17.7 Å². The Morgan fingerprint density at radius 2 is 1.58 bits per heavy atom. The predicted molar refractivity (Wildman–Crippen MR) is 92.3 cm³/mol. The summed E-state index contributed by atoms with van der Waals surface area (Å²) in [6, 6.07) is 6.64. The highest BCUT2D eigenvalue weighted by Gasteiger charge is 2.45. The van der Waals surface area contributed by atoms with E-state index in [0.29, 0.717) is 26.2 Å². The second kappa shape index (κ2) is 7.06. The zero-order valence-electron chi connectivity index (χ0n) is 14.5. The summed E-state index contributed by atoms with van der Waals surface area (Å²) >= 11 is 0. The molecule has 1 atom stereocenters. The van der Waals surface area contributed by atoms with Crippen LogP contribution in [0.15, 0.2) is 35.2 Å². The van der Waals surface area contributed by atoms with Gasteiger partial charge in [-0.25, -0.2) is 12.7 Å². The third kappa shape index (κ3) is 3.31. The monoisotopic (exact) mass is 379 g/mol. The summed E-state index contributed by atoms with van der Waals surface area (Å²) in [5.74, 6) is -0.991. The molecule has 1 unspecified atom stereocenters. The van der Waals surface area contributed by atoms with Crippen molar-refractivity contribution in [3.63, 3.8) is 0 Å². The number of nitrogens with zero attached hydrogens (tertiary/aromatic N) is 3. The summed E-state index contributed by atoms with van der Waals surface area (Å²) in [5.41, 5.74) is 0. The topological polar surface area (TPSA) is 95.1 Å². The van der Waals surface area contributed by atoms with E-state index in [4.69, 9.17) is 0 Å². The Morgan fingerprint density at radius 1 is 1.00 bits per heavy atom. The van der Waals surface area contributed by atoms with Crippen LogP contribution >= 0.6 is 0 Å². The molecule has 0 aromatic heterocycles. The van der Waals surface area contributed by atoms with E-state index in [-0.39, 0.29) is 29.6 Å². The highest BCUT2D eigenvalue weighted by atomic mass is 32.2. The van der Waals surface area contributed by atoms with Crippen molar-refractivity contribution in [3.05, 3.63) is 30.3 Å². The molecule has 8 nitrogen and oxygen atoms in total. The lowest BCUT2D eigenvalue weighted by Crippen LogP contribution is -2.55. The first-order valence-corrected chi connectivity index (χ1v) is 9.93. The molecule has 0 saturated carbocycles. The largest absolute Gasteiger partial charge is 0.339 e. The maximum atomic E-state index is 12.9. The Balaban J connectivity index is 1.80. The van der Waals surface area contributed by atoms with Crippen LogP contribution < -0.4 is 0 Å². The molecule has 26 heavy (non-hydrogen) atoms. The Kier molecular flexibility index (Phi) is 4.99. The molecule has 0 aliphatic carbocycles. The number of piperazine rings is 1. The van der Waals surface area contributed by atoms with Gasteiger partial charge in [0, 0.05) is 39.5 Å². The van der Waals surface area contributed by atoms with Gasteiger partial charge < -0.3 is 9.80 Å². The number of hydrogen-bond acceptors (Lipinski definition) is 5. The van der Waals surface area contributed by atoms with Crippen LogP contribution in [0.1, 0.15) is 19.8 Å². The van der Waals surface area contributed by atoms with Gasteiger partial charge in [-0.15, -0.1) is 0 Å². The van der Waals surface area contributed by atoms with Crippen LogP contribution in [0.3, 0.4) is 0 Å². The maximum Gasteiger partial charge on any atom is 0.267 e. The molecule has 3 amide bonds. The summed E-state index contributed by atoms with van der Waals surface area (Å²) < 4.78 is 26.5. The minimum atomic E-state index is -4.07. The van der Waals surface area contributed by atoms with Crippen LogP contribution in [0.2, 0.25) is 0 Å². The predicted octanol–water partition coefficient (Wildman–Crippen LogP) is 0.0570. The summed E-state index contributed by atoms with van der Waals surface area (Å²) in [4.78, 5) is 39.7. The fraction of sp³-hybridized carbons (Fsp3) is 0.471. The van der Waals surface area contributed by atoms with Crippen molar-refractivity contribution in [1.29, 1.82) is 0 Å². The Bertz CT molecular complexity index is 816. The van der Waals surface area contributed by atoms with Gasteiger partial charge in [0.25, 0.3) is 10.0 Å². The fourth-order valence-corrected chi connectivity index (χ4v) is 4.96. The molecule has 140 valence electrons. The number of hydrogen-bond donors (Lipinski definition) is 0. The van der Waals surface area contributed by atoms with Crippen LogP contribution in [0.5, 0.6) is 0 Å². The molecule has 2 aliphatic heterocycles. The summed E-state index contributed by atoms with van der Waals surface area (Å²) in [6.45, 7) is 2.96. The minimum Gasteiger partial charge on any atom is -0.339 e. The molecule has 1 aromatic carbocycles. The van der Waals surface area contributed by atoms with Gasteiger partial charge in [0.1, 0.15) is 6.04 Å². The van der Waals surface area contributed by atoms with Crippen molar-refractivity contribution in [2.24, 2.45) is 0 Å². The third-order valence-corrected chi connectivity index (χ3v) is 6.63. The zero-order chi connectivity index (χ0) is 18.9. The van der Waals surface area contributed by atoms with Gasteiger partial charge in [-0.05, 0) is 18.6 Å². The lowest BCUT2D eigenvalue weighted by molar-refractivity contribution is -0.142. The van der Waals surface area contributed by atoms with E-state index in [1.165, 1.54) is 24.0 Å². The van der Waals surface area contributed by atoms with E-state index < -0.39 is 22.0 Å². The van der Waals surface area contributed by atoms with Crippen molar-refractivity contribution in [3.8, 4) is 0 Å². The first kappa shape index (κ1) is 18.4. The highest BCUT2D eigenvalue weighted by Crippen LogP contribution is 2.28.